The molecule has 0 radical (unpaired) electrons. The number of benzene rings is 2. The van der Waals surface area contributed by atoms with E-state index < -0.39 is 42.1 Å². The molecule has 0 saturated carbocycles. The van der Waals surface area contributed by atoms with Gasteiger partial charge in [0.1, 0.15) is 24.2 Å². The minimum absolute atomic E-state index is 0.335. The summed E-state index contributed by atoms with van der Waals surface area (Å²) < 4.78 is 5.35. The summed E-state index contributed by atoms with van der Waals surface area (Å²) >= 11 is 6.36. The summed E-state index contributed by atoms with van der Waals surface area (Å²) in [5.74, 6) is -1.54. The molecule has 0 heterocycles. The van der Waals surface area contributed by atoms with Gasteiger partial charge in [0.25, 0.3) is 5.91 Å². The largest absolute Gasteiger partial charge is 0.444 e. The van der Waals surface area contributed by atoms with Gasteiger partial charge in [0.15, 0.2) is 0 Å². The van der Waals surface area contributed by atoms with Crippen LogP contribution in [-0.4, -0.2) is 41.0 Å². The summed E-state index contributed by atoms with van der Waals surface area (Å²) in [7, 11) is 0. The Bertz CT molecular complexity index is 1210. The molecule has 38 heavy (non-hydrogen) atoms. The highest BCUT2D eigenvalue weighted by atomic mass is 35.5. The number of hydrogen-bond acceptors (Lipinski definition) is 5. The number of carbonyl (C=O) groups excluding carboxylic acids is 3. The van der Waals surface area contributed by atoms with Crippen molar-refractivity contribution in [2.24, 2.45) is 5.92 Å². The van der Waals surface area contributed by atoms with Crippen LogP contribution in [0.2, 0.25) is 5.02 Å². The monoisotopic (exact) mass is 538 g/mol. The fraction of sp³-hybridized carbons (Fsp3) is 0.379. The Morgan fingerprint density at radius 3 is 2.39 bits per heavy atom. The molecular weight excluding hydrogens is 504 g/mol. The molecule has 0 aliphatic rings. The van der Waals surface area contributed by atoms with E-state index in [1.807, 2.05) is 6.07 Å². The quantitative estimate of drug-likeness (QED) is 0.388. The molecule has 2 N–H and O–H groups in total. The third kappa shape index (κ3) is 8.09. The van der Waals surface area contributed by atoms with Crippen LogP contribution in [-0.2, 0) is 14.3 Å². The molecule has 2 rings (SSSR count). The van der Waals surface area contributed by atoms with Crippen LogP contribution in [0.3, 0.4) is 0 Å². The van der Waals surface area contributed by atoms with Crippen molar-refractivity contribution in [3.8, 4) is 6.07 Å². The standard InChI is InChI=1S/C29H35ClN4O4/c1-8-20-12-10-13-21(17-20)25(26(35)32-24-19(4)11-9-14-22(24)30)34(16-15-31)27(36)23(18(2)3)33-28(37)38-29(5,6)7/h8-14,17-18,23,25H,1,16H2,2-7H3,(H,32,35)(H,33,37). The maximum absolute atomic E-state index is 13.9. The summed E-state index contributed by atoms with van der Waals surface area (Å²) in [5.41, 5.74) is 1.55. The molecule has 0 bridgehead atoms. The molecule has 9 heteroatoms. The predicted octanol–water partition coefficient (Wildman–Crippen LogP) is 5.87. The highest BCUT2D eigenvalue weighted by Crippen LogP contribution is 2.30. The van der Waals surface area contributed by atoms with Crippen molar-refractivity contribution in [3.05, 3.63) is 70.8 Å². The lowest BCUT2D eigenvalue weighted by atomic mass is 9.97. The molecule has 2 unspecified atom stereocenters. The minimum Gasteiger partial charge on any atom is -0.444 e. The van der Waals surface area contributed by atoms with Gasteiger partial charge in [-0.2, -0.15) is 5.26 Å². The van der Waals surface area contributed by atoms with Crippen LogP contribution in [0, 0.1) is 24.2 Å². The van der Waals surface area contributed by atoms with Crippen LogP contribution in [0.25, 0.3) is 6.08 Å². The molecule has 0 aliphatic carbocycles. The van der Waals surface area contributed by atoms with Gasteiger partial charge in [0.2, 0.25) is 5.91 Å². The molecule has 0 aromatic heterocycles. The van der Waals surface area contributed by atoms with Gasteiger partial charge in [-0.3, -0.25) is 9.59 Å². The second kappa shape index (κ2) is 13.1. The number of nitrogens with one attached hydrogen (secondary N) is 2. The van der Waals surface area contributed by atoms with Gasteiger partial charge in [-0.05, 0) is 62.4 Å². The zero-order valence-electron chi connectivity index (χ0n) is 22.7. The highest BCUT2D eigenvalue weighted by molar-refractivity contribution is 6.34. The maximum atomic E-state index is 13.9. The van der Waals surface area contributed by atoms with Gasteiger partial charge in [0.05, 0.1) is 16.8 Å². The van der Waals surface area contributed by atoms with Crippen molar-refractivity contribution in [3.63, 3.8) is 0 Å². The lowest BCUT2D eigenvalue weighted by Crippen LogP contribution is -2.54. The number of para-hydroxylation sites is 1. The topological polar surface area (TPSA) is 112 Å². The smallest absolute Gasteiger partial charge is 0.408 e. The number of alkyl carbamates (subject to hydrolysis) is 1. The van der Waals surface area contributed by atoms with Gasteiger partial charge < -0.3 is 20.3 Å². The SMILES string of the molecule is C=Cc1cccc(C(C(=O)Nc2c(C)cccc2Cl)N(CC#N)C(=O)C(NC(=O)OC(C)(C)C)C(C)C)c1. The summed E-state index contributed by atoms with van der Waals surface area (Å²) in [6.07, 6.45) is 0.844. The van der Waals surface area contributed by atoms with Crippen LogP contribution in [0.1, 0.15) is 57.4 Å². The van der Waals surface area contributed by atoms with Crippen molar-refractivity contribution in [2.75, 3.05) is 11.9 Å². The van der Waals surface area contributed by atoms with E-state index in [0.29, 0.717) is 16.3 Å². The third-order valence-corrected chi connectivity index (χ3v) is 5.94. The van der Waals surface area contributed by atoms with Crippen molar-refractivity contribution >= 4 is 41.3 Å². The van der Waals surface area contributed by atoms with E-state index in [2.05, 4.69) is 17.2 Å². The molecule has 3 amide bonds. The molecule has 2 aromatic carbocycles. The first-order valence-corrected chi connectivity index (χ1v) is 12.6. The normalized spacial score (nSPS) is 12.6. The number of amides is 3. The molecular formula is C29H35ClN4O4. The van der Waals surface area contributed by atoms with Gasteiger partial charge in [-0.15, -0.1) is 0 Å². The number of aryl methyl sites for hydroxylation is 1. The fourth-order valence-electron chi connectivity index (χ4n) is 3.81. The number of carbonyl (C=O) groups is 3. The van der Waals surface area contributed by atoms with Gasteiger partial charge in [0, 0.05) is 0 Å². The van der Waals surface area contributed by atoms with Gasteiger partial charge in [-0.25, -0.2) is 4.79 Å². The molecule has 0 aliphatic heterocycles. The Labute approximate surface area is 229 Å². The van der Waals surface area contributed by atoms with E-state index in [1.54, 1.807) is 90.1 Å². The molecule has 0 fully saturated rings. The summed E-state index contributed by atoms with van der Waals surface area (Å²) in [5, 5.41) is 15.5. The Kier molecular flexibility index (Phi) is 10.5. The number of anilines is 1. The van der Waals surface area contributed by atoms with Crippen LogP contribution in [0.15, 0.2) is 49.0 Å². The Morgan fingerprint density at radius 2 is 1.84 bits per heavy atom. The van der Waals surface area contributed by atoms with Crippen LogP contribution in [0.5, 0.6) is 0 Å². The Balaban J connectivity index is 2.58. The van der Waals surface area contributed by atoms with E-state index in [1.165, 1.54) is 0 Å². The van der Waals surface area contributed by atoms with E-state index in [-0.39, 0.29) is 5.92 Å². The second-order valence-electron chi connectivity index (χ2n) is 10.2. The van der Waals surface area contributed by atoms with Crippen molar-refractivity contribution in [1.29, 1.82) is 5.26 Å². The van der Waals surface area contributed by atoms with E-state index in [9.17, 15) is 19.6 Å². The number of rotatable bonds is 9. The lowest BCUT2D eigenvalue weighted by Gasteiger charge is -2.34. The third-order valence-electron chi connectivity index (χ3n) is 5.62. The maximum Gasteiger partial charge on any atom is 0.408 e. The number of hydrogen-bond donors (Lipinski definition) is 2. The van der Waals surface area contributed by atoms with Crippen LogP contribution in [0.4, 0.5) is 10.5 Å². The number of ether oxygens (including phenoxy) is 1. The second-order valence-corrected chi connectivity index (χ2v) is 10.6. The average molecular weight is 539 g/mol. The first-order chi connectivity index (χ1) is 17.8. The predicted molar refractivity (Wildman–Crippen MR) is 149 cm³/mol. The highest BCUT2D eigenvalue weighted by Gasteiger charge is 2.38. The summed E-state index contributed by atoms with van der Waals surface area (Å²) in [6, 6.07) is 11.9. The number of nitriles is 1. The van der Waals surface area contributed by atoms with Gasteiger partial charge >= 0.3 is 6.09 Å². The lowest BCUT2D eigenvalue weighted by molar-refractivity contribution is -0.140. The summed E-state index contributed by atoms with van der Waals surface area (Å²) in [4.78, 5) is 41.5. The number of halogens is 1. The van der Waals surface area contributed by atoms with Crippen LogP contribution >= 0.6 is 11.6 Å². The number of nitrogens with zero attached hydrogens (tertiary/aromatic N) is 2. The van der Waals surface area contributed by atoms with E-state index in [4.69, 9.17) is 16.3 Å². The molecule has 0 saturated heterocycles. The van der Waals surface area contributed by atoms with E-state index >= 15 is 0 Å². The molecule has 202 valence electrons. The molecule has 8 nitrogen and oxygen atoms in total. The van der Waals surface area contributed by atoms with Crippen molar-refractivity contribution in [2.45, 2.75) is 59.2 Å². The average Bonchev–Trinajstić information content (AvgIpc) is 2.83. The first-order valence-electron chi connectivity index (χ1n) is 12.2. The fourth-order valence-corrected chi connectivity index (χ4v) is 4.08. The molecule has 0 spiro atoms. The van der Waals surface area contributed by atoms with E-state index in [0.717, 1.165) is 16.0 Å². The van der Waals surface area contributed by atoms with Gasteiger partial charge in [-0.1, -0.05) is 68.4 Å². The van der Waals surface area contributed by atoms with Crippen molar-refractivity contribution < 1.29 is 19.1 Å². The van der Waals surface area contributed by atoms with Crippen molar-refractivity contribution in [1.82, 2.24) is 10.2 Å². The zero-order valence-corrected chi connectivity index (χ0v) is 23.4. The zero-order chi connectivity index (χ0) is 28.6. The summed E-state index contributed by atoms with van der Waals surface area (Å²) in [6.45, 7) is 13.8. The molecule has 2 atom stereocenters. The van der Waals surface area contributed by atoms with Crippen LogP contribution < -0.4 is 10.6 Å². The Hall–Kier alpha value is -3.83. The Morgan fingerprint density at radius 1 is 1.18 bits per heavy atom. The first kappa shape index (κ1) is 30.4. The molecule has 2 aromatic rings. The minimum atomic E-state index is -1.21.